The maximum Gasteiger partial charge on any atom is 0.251 e. The number of fused-ring (bicyclic) bond motifs is 1. The Balaban J connectivity index is 1.53. The number of alkyl halides is 1. The van der Waals surface area contributed by atoms with Crippen molar-refractivity contribution in [3.05, 3.63) is 73.8 Å². The molecule has 3 aliphatic heterocycles. The summed E-state index contributed by atoms with van der Waals surface area (Å²) in [5.74, 6) is -1.01. The first-order valence-electron chi connectivity index (χ1n) is 17.9. The Hall–Kier alpha value is -3.28. The predicted molar refractivity (Wildman–Crippen MR) is 208 cm³/mol. The molecule has 11 heteroatoms. The molecule has 6 atom stereocenters. The van der Waals surface area contributed by atoms with Crippen LogP contribution in [0.4, 0.5) is 17.1 Å². The van der Waals surface area contributed by atoms with Crippen molar-refractivity contribution in [2.75, 3.05) is 60.6 Å². The van der Waals surface area contributed by atoms with Crippen molar-refractivity contribution >= 4 is 62.5 Å². The molecule has 0 saturated carbocycles. The van der Waals surface area contributed by atoms with E-state index in [2.05, 4.69) is 47.8 Å². The number of ether oxygens (including phenoxy) is 1. The minimum atomic E-state index is -0.788. The van der Waals surface area contributed by atoms with Crippen LogP contribution in [-0.4, -0.2) is 94.5 Å². The van der Waals surface area contributed by atoms with Gasteiger partial charge in [-0.2, -0.15) is 0 Å². The molecule has 270 valence electrons. The van der Waals surface area contributed by atoms with Crippen molar-refractivity contribution in [1.82, 2.24) is 4.90 Å². The van der Waals surface area contributed by atoms with Gasteiger partial charge in [-0.05, 0) is 95.0 Å². The van der Waals surface area contributed by atoms with E-state index >= 15 is 4.79 Å². The van der Waals surface area contributed by atoms with Gasteiger partial charge in [0, 0.05) is 66.5 Å². The Morgan fingerprint density at radius 1 is 0.940 bits per heavy atom. The lowest BCUT2D eigenvalue weighted by Gasteiger charge is -2.38. The summed E-state index contributed by atoms with van der Waals surface area (Å²) in [5.41, 5.74) is 2.53. The van der Waals surface area contributed by atoms with Crippen LogP contribution in [0, 0.1) is 11.8 Å². The standard InChI is InChI=1S/C39H51BrN4O5S/c1-6-22-42(29-18-20-30(21-19-29)49-10-5)36(46)32-33-37(47)44(24-12-11-13-25-45)35(39(33)26-31(40)34(32)50-39)38(48)43(23-7-2)28-16-14-27(15-17-28)41(8-3)9-4/h6-7,14-21,31-35,45H,1-2,8-13,22-26H2,3-5H3/t31?,32-,33+,34-,35?,39?/m1/s1. The fraction of sp³-hybridized carbons (Fsp3) is 0.513. The van der Waals surface area contributed by atoms with Gasteiger partial charge in [0.15, 0.2) is 0 Å². The summed E-state index contributed by atoms with van der Waals surface area (Å²) in [6.07, 6.45) is 6.02. The lowest BCUT2D eigenvalue weighted by atomic mass is 9.70. The van der Waals surface area contributed by atoms with Crippen molar-refractivity contribution < 1.29 is 24.2 Å². The number of hydrogen-bond donors (Lipinski definition) is 1. The Morgan fingerprint density at radius 3 is 2.08 bits per heavy atom. The molecule has 3 unspecified atom stereocenters. The van der Waals surface area contributed by atoms with Gasteiger partial charge in [0.25, 0.3) is 5.91 Å². The molecule has 3 fully saturated rings. The fourth-order valence-corrected chi connectivity index (χ4v) is 11.7. The van der Waals surface area contributed by atoms with E-state index in [0.29, 0.717) is 43.9 Å². The zero-order valence-corrected chi connectivity index (χ0v) is 31.9. The monoisotopic (exact) mass is 766 g/mol. The van der Waals surface area contributed by atoms with Gasteiger partial charge in [0.05, 0.1) is 23.2 Å². The van der Waals surface area contributed by atoms with Crippen molar-refractivity contribution in [2.24, 2.45) is 11.8 Å². The van der Waals surface area contributed by atoms with Gasteiger partial charge in [-0.1, -0.05) is 28.1 Å². The molecule has 9 nitrogen and oxygen atoms in total. The zero-order valence-electron chi connectivity index (χ0n) is 29.5. The third-order valence-corrected chi connectivity index (χ3v) is 13.5. The van der Waals surface area contributed by atoms with Crippen molar-refractivity contribution in [3.63, 3.8) is 0 Å². The number of unbranched alkanes of at least 4 members (excludes halogenated alkanes) is 2. The van der Waals surface area contributed by atoms with Crippen molar-refractivity contribution in [2.45, 2.75) is 67.3 Å². The van der Waals surface area contributed by atoms with Crippen molar-refractivity contribution in [1.29, 1.82) is 0 Å². The van der Waals surface area contributed by atoms with E-state index in [0.717, 1.165) is 30.9 Å². The van der Waals surface area contributed by atoms with Crippen LogP contribution in [0.2, 0.25) is 0 Å². The number of hydrogen-bond acceptors (Lipinski definition) is 7. The number of aliphatic hydroxyl groups excluding tert-OH is 1. The minimum absolute atomic E-state index is 0.0535. The van der Waals surface area contributed by atoms with Crippen LogP contribution >= 0.6 is 27.7 Å². The number of thioether (sulfide) groups is 1. The first-order chi connectivity index (χ1) is 24.2. The Bertz CT molecular complexity index is 1520. The second kappa shape index (κ2) is 16.8. The molecule has 3 aliphatic rings. The second-order valence-electron chi connectivity index (χ2n) is 13.1. The number of benzene rings is 2. The lowest BCUT2D eigenvalue weighted by Crippen LogP contribution is -2.56. The van der Waals surface area contributed by atoms with Crippen LogP contribution in [0.5, 0.6) is 5.75 Å². The third-order valence-electron chi connectivity index (χ3n) is 10.3. The quantitative estimate of drug-likeness (QED) is 0.108. The van der Waals surface area contributed by atoms with Crippen LogP contribution in [0.15, 0.2) is 73.8 Å². The largest absolute Gasteiger partial charge is 0.494 e. The number of rotatable bonds is 18. The van der Waals surface area contributed by atoms with Gasteiger partial charge >= 0.3 is 0 Å². The predicted octanol–water partition coefficient (Wildman–Crippen LogP) is 6.30. The number of likely N-dealkylation sites (tertiary alicyclic amines) is 1. The van der Waals surface area contributed by atoms with Crippen LogP contribution in [-0.2, 0) is 14.4 Å². The smallest absolute Gasteiger partial charge is 0.251 e. The van der Waals surface area contributed by atoms with E-state index in [4.69, 9.17) is 4.74 Å². The number of anilines is 3. The van der Waals surface area contributed by atoms with Gasteiger partial charge in [-0.25, -0.2) is 0 Å². The molecule has 5 rings (SSSR count). The highest BCUT2D eigenvalue weighted by molar-refractivity contribution is 9.09. The summed E-state index contributed by atoms with van der Waals surface area (Å²) >= 11 is 5.55. The molecule has 3 heterocycles. The van der Waals surface area contributed by atoms with Crippen LogP contribution in [0.3, 0.4) is 0 Å². The molecule has 3 amide bonds. The first-order valence-corrected chi connectivity index (χ1v) is 19.7. The summed E-state index contributed by atoms with van der Waals surface area (Å²) in [4.78, 5) is 51.9. The molecule has 2 aromatic carbocycles. The van der Waals surface area contributed by atoms with Crippen LogP contribution in [0.1, 0.15) is 46.5 Å². The summed E-state index contributed by atoms with van der Waals surface area (Å²) in [5, 5.41) is 9.27. The number of carbonyl (C=O) groups excluding carboxylic acids is 3. The molecular weight excluding hydrogens is 716 g/mol. The van der Waals surface area contributed by atoms with Gasteiger partial charge in [-0.15, -0.1) is 24.9 Å². The van der Waals surface area contributed by atoms with E-state index in [-0.39, 0.29) is 47.5 Å². The average molecular weight is 768 g/mol. The topological polar surface area (TPSA) is 93.6 Å². The summed E-state index contributed by atoms with van der Waals surface area (Å²) < 4.78 is 4.84. The van der Waals surface area contributed by atoms with E-state index in [1.807, 2.05) is 55.5 Å². The molecule has 3 saturated heterocycles. The number of aliphatic hydroxyl groups is 1. The third kappa shape index (κ3) is 7.10. The van der Waals surface area contributed by atoms with Gasteiger partial charge in [-0.3, -0.25) is 14.4 Å². The maximum absolute atomic E-state index is 15.0. The number of carbonyl (C=O) groups is 3. The van der Waals surface area contributed by atoms with Crippen molar-refractivity contribution in [3.8, 4) is 5.75 Å². The highest BCUT2D eigenvalue weighted by Gasteiger charge is 2.76. The van der Waals surface area contributed by atoms with Gasteiger partial charge in [0.1, 0.15) is 11.8 Å². The Kier molecular flexibility index (Phi) is 12.8. The van der Waals surface area contributed by atoms with Crippen LogP contribution < -0.4 is 19.4 Å². The molecule has 50 heavy (non-hydrogen) atoms. The molecule has 1 spiro atoms. The Labute approximate surface area is 309 Å². The summed E-state index contributed by atoms with van der Waals surface area (Å²) in [7, 11) is 0. The summed E-state index contributed by atoms with van der Waals surface area (Å²) in [6, 6.07) is 14.7. The average Bonchev–Trinajstić information content (AvgIpc) is 3.72. The van der Waals surface area contributed by atoms with Gasteiger partial charge in [0.2, 0.25) is 11.8 Å². The molecule has 2 bridgehead atoms. The number of nitrogens with zero attached hydrogens (tertiary/aromatic N) is 4. The minimum Gasteiger partial charge on any atom is -0.494 e. The first kappa shape index (κ1) is 38.0. The normalized spacial score (nSPS) is 24.9. The highest BCUT2D eigenvalue weighted by Crippen LogP contribution is 2.68. The van der Waals surface area contributed by atoms with Crippen LogP contribution in [0.25, 0.3) is 0 Å². The van der Waals surface area contributed by atoms with E-state index in [1.165, 1.54) is 0 Å². The Morgan fingerprint density at radius 2 is 1.52 bits per heavy atom. The second-order valence-corrected chi connectivity index (χ2v) is 15.8. The highest BCUT2D eigenvalue weighted by atomic mass is 79.9. The fourth-order valence-electron chi connectivity index (χ4n) is 8.05. The molecular formula is C39H51BrN4O5S. The lowest BCUT2D eigenvalue weighted by molar-refractivity contribution is -0.139. The SMILES string of the molecule is C=CCN(C(=O)C1N(CCCCCO)C(=O)[C@@H]2[C@@H](C(=O)N(CC=C)c3ccc(OCC)cc3)[C@@H]3SC12CC3Br)c1ccc(N(CC)CC)cc1. The molecule has 0 aliphatic carbocycles. The van der Waals surface area contributed by atoms with Gasteiger partial charge < -0.3 is 29.4 Å². The zero-order chi connectivity index (χ0) is 36.0. The van der Waals surface area contributed by atoms with E-state index in [1.54, 1.807) is 38.6 Å². The molecule has 2 aromatic rings. The molecule has 1 N–H and O–H groups in total. The maximum atomic E-state index is 15.0. The molecule has 0 aromatic heterocycles. The molecule has 0 radical (unpaired) electrons. The summed E-state index contributed by atoms with van der Waals surface area (Å²) in [6.45, 7) is 17.4. The van der Waals surface area contributed by atoms with E-state index in [9.17, 15) is 14.7 Å². The van der Waals surface area contributed by atoms with E-state index < -0.39 is 22.6 Å². The number of amides is 3. The number of halogens is 1.